The molecule has 0 spiro atoms. The Hall–Kier alpha value is -3.47. The zero-order valence-electron chi connectivity index (χ0n) is 19.0. The van der Waals surface area contributed by atoms with E-state index in [9.17, 15) is 10.1 Å². The summed E-state index contributed by atoms with van der Waals surface area (Å²) in [6.07, 6.45) is 3.40. The van der Waals surface area contributed by atoms with Gasteiger partial charge in [0.05, 0.1) is 23.7 Å². The highest BCUT2D eigenvalue weighted by Gasteiger charge is 2.21. The second-order valence-corrected chi connectivity index (χ2v) is 9.77. The number of hydrogen-bond acceptors (Lipinski definition) is 6. The van der Waals surface area contributed by atoms with Crippen LogP contribution in [0.2, 0.25) is 0 Å². The van der Waals surface area contributed by atoms with E-state index in [0.717, 1.165) is 48.4 Å². The number of nitrogens with zero attached hydrogens (tertiary/aromatic N) is 4. The van der Waals surface area contributed by atoms with Crippen LogP contribution >= 0.6 is 11.3 Å². The first-order valence-electron chi connectivity index (χ1n) is 11.7. The van der Waals surface area contributed by atoms with Crippen molar-refractivity contribution in [2.45, 2.75) is 38.9 Å². The molecule has 0 unspecified atom stereocenters. The van der Waals surface area contributed by atoms with Gasteiger partial charge in [0.15, 0.2) is 0 Å². The van der Waals surface area contributed by atoms with Crippen LogP contribution in [0.4, 0.5) is 5.95 Å². The van der Waals surface area contributed by atoms with Gasteiger partial charge in [-0.05, 0) is 42.5 Å². The minimum atomic E-state index is -0.0300. The molecular weight excluding hydrogens is 442 g/mol. The smallest absolute Gasteiger partial charge is 0.273 e. The van der Waals surface area contributed by atoms with E-state index in [1.165, 1.54) is 23.3 Å². The van der Waals surface area contributed by atoms with E-state index in [2.05, 4.69) is 28.4 Å². The van der Waals surface area contributed by atoms with Crippen molar-refractivity contribution in [3.8, 4) is 6.07 Å². The lowest BCUT2D eigenvalue weighted by Gasteiger charge is -2.29. The number of aromatic nitrogens is 2. The van der Waals surface area contributed by atoms with Crippen molar-refractivity contribution in [2.75, 3.05) is 18.0 Å². The Morgan fingerprint density at radius 2 is 1.76 bits per heavy atom. The average molecular weight is 470 g/mol. The predicted molar refractivity (Wildman–Crippen MR) is 137 cm³/mol. The standard InChI is InChI=1S/C27H27N5OS/c28-16-21-11-5-6-12-22(21)19-32-26(33)25-24(30-27(32)31-13-7-2-8-14-31)15-23(34-25)18-29-17-20-9-3-1-4-10-20/h1,3-6,9-12,15,29H,2,7-8,13-14,17-19H2. The molecule has 0 amide bonds. The van der Waals surface area contributed by atoms with Gasteiger partial charge in [-0.1, -0.05) is 48.5 Å². The van der Waals surface area contributed by atoms with Crippen LogP contribution in [-0.4, -0.2) is 22.6 Å². The molecule has 2 aromatic carbocycles. The highest BCUT2D eigenvalue weighted by atomic mass is 32.1. The first kappa shape index (κ1) is 22.3. The molecule has 3 heterocycles. The minimum absolute atomic E-state index is 0.0300. The number of anilines is 1. The van der Waals surface area contributed by atoms with Crippen LogP contribution in [0.25, 0.3) is 10.2 Å². The van der Waals surface area contributed by atoms with Crippen LogP contribution in [0.1, 0.15) is 40.8 Å². The molecule has 0 bridgehead atoms. The van der Waals surface area contributed by atoms with Gasteiger partial charge in [-0.2, -0.15) is 5.26 Å². The maximum atomic E-state index is 13.7. The van der Waals surface area contributed by atoms with Gasteiger partial charge >= 0.3 is 0 Å². The number of nitriles is 1. The molecule has 4 aromatic rings. The number of benzene rings is 2. The minimum Gasteiger partial charge on any atom is -0.342 e. The number of piperidine rings is 1. The van der Waals surface area contributed by atoms with Crippen LogP contribution < -0.4 is 15.8 Å². The van der Waals surface area contributed by atoms with Gasteiger partial charge in [0.2, 0.25) is 5.95 Å². The summed E-state index contributed by atoms with van der Waals surface area (Å²) < 4.78 is 2.44. The molecule has 0 saturated carbocycles. The van der Waals surface area contributed by atoms with Crippen LogP contribution in [0.15, 0.2) is 65.5 Å². The van der Waals surface area contributed by atoms with E-state index in [1.807, 2.05) is 42.5 Å². The van der Waals surface area contributed by atoms with Crippen molar-refractivity contribution in [3.63, 3.8) is 0 Å². The zero-order valence-corrected chi connectivity index (χ0v) is 19.9. The number of nitrogens with one attached hydrogen (secondary N) is 1. The van der Waals surface area contributed by atoms with Crippen LogP contribution in [-0.2, 0) is 19.6 Å². The average Bonchev–Trinajstić information content (AvgIpc) is 3.30. The van der Waals surface area contributed by atoms with Crippen molar-refractivity contribution in [3.05, 3.63) is 92.6 Å². The lowest BCUT2D eigenvalue weighted by atomic mass is 10.1. The van der Waals surface area contributed by atoms with Gasteiger partial charge in [-0.15, -0.1) is 11.3 Å². The molecule has 5 rings (SSSR count). The second kappa shape index (κ2) is 10.2. The third kappa shape index (κ3) is 4.74. The molecule has 172 valence electrons. The molecular formula is C27H27N5OS. The Balaban J connectivity index is 1.49. The van der Waals surface area contributed by atoms with Gasteiger partial charge in [-0.3, -0.25) is 9.36 Å². The summed E-state index contributed by atoms with van der Waals surface area (Å²) in [7, 11) is 0. The Bertz CT molecular complexity index is 1380. The maximum absolute atomic E-state index is 13.7. The summed E-state index contributed by atoms with van der Waals surface area (Å²) in [4.78, 5) is 22.0. The normalized spacial score (nSPS) is 13.8. The zero-order chi connectivity index (χ0) is 23.3. The van der Waals surface area contributed by atoms with Crippen molar-refractivity contribution >= 4 is 27.5 Å². The summed E-state index contributed by atoms with van der Waals surface area (Å²) in [6, 6.07) is 22.1. The Morgan fingerprint density at radius 1 is 1.00 bits per heavy atom. The third-order valence-corrected chi connectivity index (χ3v) is 7.35. The summed E-state index contributed by atoms with van der Waals surface area (Å²) in [5.74, 6) is 0.714. The van der Waals surface area contributed by atoms with E-state index in [4.69, 9.17) is 4.98 Å². The summed E-state index contributed by atoms with van der Waals surface area (Å²) in [5, 5.41) is 13.0. The Kier molecular flexibility index (Phi) is 6.70. The van der Waals surface area contributed by atoms with Crippen LogP contribution in [0, 0.1) is 11.3 Å². The van der Waals surface area contributed by atoms with Gasteiger partial charge in [0.25, 0.3) is 5.56 Å². The largest absolute Gasteiger partial charge is 0.342 e. The van der Waals surface area contributed by atoms with Crippen molar-refractivity contribution in [1.29, 1.82) is 5.26 Å². The van der Waals surface area contributed by atoms with Crippen LogP contribution in [0.5, 0.6) is 0 Å². The summed E-state index contributed by atoms with van der Waals surface area (Å²) >= 11 is 1.51. The van der Waals surface area contributed by atoms with Crippen LogP contribution in [0.3, 0.4) is 0 Å². The van der Waals surface area contributed by atoms with Gasteiger partial charge in [0, 0.05) is 31.1 Å². The van der Waals surface area contributed by atoms with Crippen molar-refractivity contribution in [2.24, 2.45) is 0 Å². The van der Waals surface area contributed by atoms with Crippen molar-refractivity contribution < 1.29 is 0 Å². The van der Waals surface area contributed by atoms with E-state index in [1.54, 1.807) is 10.6 Å². The van der Waals surface area contributed by atoms with E-state index in [0.29, 0.717) is 29.3 Å². The quantitative estimate of drug-likeness (QED) is 0.426. The monoisotopic (exact) mass is 469 g/mol. The van der Waals surface area contributed by atoms with Gasteiger partial charge in [0.1, 0.15) is 4.70 Å². The molecule has 0 radical (unpaired) electrons. The fraction of sp³-hybridized carbons (Fsp3) is 0.296. The molecule has 1 aliphatic rings. The molecule has 0 aliphatic carbocycles. The Labute approximate surface area is 203 Å². The molecule has 1 fully saturated rings. The topological polar surface area (TPSA) is 74.0 Å². The van der Waals surface area contributed by atoms with Gasteiger partial charge < -0.3 is 10.2 Å². The molecule has 0 atom stereocenters. The fourth-order valence-electron chi connectivity index (χ4n) is 4.48. The lowest BCUT2D eigenvalue weighted by molar-refractivity contribution is 0.553. The van der Waals surface area contributed by atoms with Crippen molar-refractivity contribution in [1.82, 2.24) is 14.9 Å². The highest BCUT2D eigenvalue weighted by molar-refractivity contribution is 7.18. The number of fused-ring (bicyclic) bond motifs is 1. The van der Waals surface area contributed by atoms with E-state index >= 15 is 0 Å². The molecule has 1 N–H and O–H groups in total. The highest BCUT2D eigenvalue weighted by Crippen LogP contribution is 2.26. The maximum Gasteiger partial charge on any atom is 0.273 e. The lowest BCUT2D eigenvalue weighted by Crippen LogP contribution is -2.36. The number of rotatable bonds is 7. The van der Waals surface area contributed by atoms with E-state index in [-0.39, 0.29) is 5.56 Å². The number of hydrogen-bond donors (Lipinski definition) is 1. The summed E-state index contributed by atoms with van der Waals surface area (Å²) in [6.45, 7) is 3.60. The Morgan fingerprint density at radius 3 is 2.56 bits per heavy atom. The molecule has 2 aromatic heterocycles. The molecule has 6 nitrogen and oxygen atoms in total. The number of thiophene rings is 1. The fourth-order valence-corrected chi connectivity index (χ4v) is 5.49. The second-order valence-electron chi connectivity index (χ2n) is 8.64. The molecule has 34 heavy (non-hydrogen) atoms. The third-order valence-electron chi connectivity index (χ3n) is 6.24. The molecule has 7 heteroatoms. The molecule has 1 aliphatic heterocycles. The first-order valence-corrected chi connectivity index (χ1v) is 12.6. The SMILES string of the molecule is N#Cc1ccccc1Cn1c(N2CCCCC2)nc2cc(CNCc3ccccc3)sc2c1=O. The van der Waals surface area contributed by atoms with Gasteiger partial charge in [-0.25, -0.2) is 4.98 Å². The predicted octanol–water partition coefficient (Wildman–Crippen LogP) is 4.66. The molecule has 1 saturated heterocycles. The van der Waals surface area contributed by atoms with E-state index < -0.39 is 0 Å². The first-order chi connectivity index (χ1) is 16.7. The summed E-state index contributed by atoms with van der Waals surface area (Å²) in [5.41, 5.74) is 3.39.